The summed E-state index contributed by atoms with van der Waals surface area (Å²) in [5.41, 5.74) is 2.25. The van der Waals surface area contributed by atoms with E-state index in [1.54, 1.807) is 13.3 Å². The van der Waals surface area contributed by atoms with Crippen molar-refractivity contribution in [2.24, 2.45) is 0 Å². The van der Waals surface area contributed by atoms with Gasteiger partial charge in [-0.05, 0) is 18.2 Å². The lowest BCUT2D eigenvalue weighted by Crippen LogP contribution is -2.48. The number of amides is 1. The SMILES string of the molecule is COc1ccccc1C1CNCCN1C(=O)c1cn2ccccc2n1.Cl.Cl. The molecule has 8 heteroatoms. The van der Waals surface area contributed by atoms with Gasteiger partial charge in [-0.3, -0.25) is 4.79 Å². The number of carbonyl (C=O) groups excluding carboxylic acids is 1. The number of fused-ring (bicyclic) bond motifs is 1. The number of piperazine rings is 1. The minimum absolute atomic E-state index is 0. The Hall–Kier alpha value is -2.28. The number of hydrogen-bond acceptors (Lipinski definition) is 4. The number of aromatic nitrogens is 2. The molecule has 3 heterocycles. The van der Waals surface area contributed by atoms with Gasteiger partial charge in [-0.2, -0.15) is 0 Å². The maximum Gasteiger partial charge on any atom is 0.274 e. The van der Waals surface area contributed by atoms with Crippen LogP contribution in [0.4, 0.5) is 0 Å². The fraction of sp³-hybridized carbons (Fsp3) is 0.263. The van der Waals surface area contributed by atoms with Crippen molar-refractivity contribution in [3.05, 3.63) is 66.1 Å². The molecule has 1 N–H and O–H groups in total. The lowest BCUT2D eigenvalue weighted by Gasteiger charge is -2.36. The van der Waals surface area contributed by atoms with Crippen molar-refractivity contribution in [1.82, 2.24) is 19.6 Å². The normalized spacial score (nSPS) is 16.3. The van der Waals surface area contributed by atoms with Crippen molar-refractivity contribution in [2.75, 3.05) is 26.7 Å². The largest absolute Gasteiger partial charge is 0.496 e. The molecule has 0 bridgehead atoms. The molecule has 27 heavy (non-hydrogen) atoms. The van der Waals surface area contributed by atoms with Gasteiger partial charge in [0.15, 0.2) is 0 Å². The molecular weight excluding hydrogens is 387 g/mol. The number of rotatable bonds is 3. The van der Waals surface area contributed by atoms with Crippen LogP contribution in [0.5, 0.6) is 5.75 Å². The number of para-hydroxylation sites is 1. The Kier molecular flexibility index (Phi) is 7.07. The number of imidazole rings is 1. The van der Waals surface area contributed by atoms with Gasteiger partial charge in [0.05, 0.1) is 13.2 Å². The van der Waals surface area contributed by atoms with E-state index in [1.807, 2.05) is 58.0 Å². The van der Waals surface area contributed by atoms with E-state index < -0.39 is 0 Å². The average Bonchev–Trinajstić information content (AvgIpc) is 3.11. The number of carbonyl (C=O) groups is 1. The number of ether oxygens (including phenoxy) is 1. The van der Waals surface area contributed by atoms with E-state index in [0.29, 0.717) is 18.8 Å². The molecule has 1 aliphatic rings. The molecule has 0 spiro atoms. The van der Waals surface area contributed by atoms with Gasteiger partial charge in [0.25, 0.3) is 5.91 Å². The van der Waals surface area contributed by atoms with Gasteiger partial charge in [0.2, 0.25) is 0 Å². The van der Waals surface area contributed by atoms with E-state index in [0.717, 1.165) is 23.5 Å². The van der Waals surface area contributed by atoms with Gasteiger partial charge in [-0.25, -0.2) is 4.98 Å². The molecule has 1 saturated heterocycles. The number of nitrogens with one attached hydrogen (secondary N) is 1. The zero-order valence-electron chi connectivity index (χ0n) is 14.9. The first-order chi connectivity index (χ1) is 12.3. The summed E-state index contributed by atoms with van der Waals surface area (Å²) < 4.78 is 7.36. The van der Waals surface area contributed by atoms with Crippen LogP contribution in [0, 0.1) is 0 Å². The van der Waals surface area contributed by atoms with Crippen LogP contribution in [0.25, 0.3) is 5.65 Å². The van der Waals surface area contributed by atoms with Crippen LogP contribution in [0.15, 0.2) is 54.9 Å². The molecule has 4 rings (SSSR count). The predicted octanol–water partition coefficient (Wildman–Crippen LogP) is 2.97. The highest BCUT2D eigenvalue weighted by Gasteiger charge is 2.31. The molecule has 6 nitrogen and oxygen atoms in total. The van der Waals surface area contributed by atoms with Crippen molar-refractivity contribution in [3.63, 3.8) is 0 Å². The molecule has 1 unspecified atom stereocenters. The molecule has 1 aliphatic heterocycles. The highest BCUT2D eigenvalue weighted by molar-refractivity contribution is 5.93. The number of halogens is 2. The van der Waals surface area contributed by atoms with Crippen LogP contribution in [0.1, 0.15) is 22.1 Å². The summed E-state index contributed by atoms with van der Waals surface area (Å²) in [5.74, 6) is 0.741. The molecule has 1 atom stereocenters. The van der Waals surface area contributed by atoms with Crippen LogP contribution in [-0.4, -0.2) is 46.9 Å². The van der Waals surface area contributed by atoms with Crippen LogP contribution in [0.3, 0.4) is 0 Å². The Balaban J connectivity index is 0.00000131. The second-order valence-corrected chi connectivity index (χ2v) is 6.05. The third-order valence-corrected chi connectivity index (χ3v) is 4.59. The number of nitrogens with zero attached hydrogens (tertiary/aromatic N) is 3. The van der Waals surface area contributed by atoms with E-state index in [2.05, 4.69) is 10.3 Å². The van der Waals surface area contributed by atoms with E-state index in [9.17, 15) is 4.79 Å². The highest BCUT2D eigenvalue weighted by atomic mass is 35.5. The number of methoxy groups -OCH3 is 1. The third kappa shape index (κ3) is 4.03. The standard InChI is InChI=1S/C19H20N4O2.2ClH/c1-25-17-7-3-2-6-14(17)16-12-20-9-11-23(16)19(24)15-13-22-10-5-4-8-18(22)21-15;;/h2-8,10,13,16,20H,9,11-12H2,1H3;2*1H. The molecule has 0 aliphatic carbocycles. The summed E-state index contributed by atoms with van der Waals surface area (Å²) in [4.78, 5) is 19.5. The van der Waals surface area contributed by atoms with Gasteiger partial charge < -0.3 is 19.4 Å². The second kappa shape index (κ2) is 9.08. The highest BCUT2D eigenvalue weighted by Crippen LogP contribution is 2.31. The summed E-state index contributed by atoms with van der Waals surface area (Å²) in [7, 11) is 1.66. The second-order valence-electron chi connectivity index (χ2n) is 6.05. The molecular formula is C19H22Cl2N4O2. The van der Waals surface area contributed by atoms with Gasteiger partial charge in [-0.15, -0.1) is 24.8 Å². The Labute approximate surface area is 170 Å². The smallest absolute Gasteiger partial charge is 0.274 e. The summed E-state index contributed by atoms with van der Waals surface area (Å²) in [6.07, 6.45) is 3.69. The Morgan fingerprint density at radius 1 is 1.19 bits per heavy atom. The summed E-state index contributed by atoms with van der Waals surface area (Å²) in [5, 5.41) is 3.37. The van der Waals surface area contributed by atoms with E-state index >= 15 is 0 Å². The summed E-state index contributed by atoms with van der Waals surface area (Å²) >= 11 is 0. The van der Waals surface area contributed by atoms with Gasteiger partial charge >= 0.3 is 0 Å². The first-order valence-corrected chi connectivity index (χ1v) is 8.36. The van der Waals surface area contributed by atoms with E-state index in [1.165, 1.54) is 0 Å². The maximum atomic E-state index is 13.1. The van der Waals surface area contributed by atoms with Crippen LogP contribution < -0.4 is 10.1 Å². The number of benzene rings is 1. The monoisotopic (exact) mass is 408 g/mol. The average molecular weight is 409 g/mol. The zero-order chi connectivity index (χ0) is 17.2. The minimum Gasteiger partial charge on any atom is -0.496 e. The van der Waals surface area contributed by atoms with Crippen molar-refractivity contribution >= 4 is 36.4 Å². The van der Waals surface area contributed by atoms with Crippen LogP contribution in [0.2, 0.25) is 0 Å². The minimum atomic E-state index is -0.0813. The molecule has 2 aromatic heterocycles. The Morgan fingerprint density at radius 3 is 2.74 bits per heavy atom. The fourth-order valence-electron chi connectivity index (χ4n) is 3.35. The summed E-state index contributed by atoms with van der Waals surface area (Å²) in [6.45, 7) is 2.10. The molecule has 144 valence electrons. The predicted molar refractivity (Wildman–Crippen MR) is 109 cm³/mol. The zero-order valence-corrected chi connectivity index (χ0v) is 16.5. The van der Waals surface area contributed by atoms with Crippen molar-refractivity contribution in [3.8, 4) is 5.75 Å². The van der Waals surface area contributed by atoms with Crippen LogP contribution >= 0.6 is 24.8 Å². The molecule has 1 aromatic carbocycles. The molecule has 0 saturated carbocycles. The number of pyridine rings is 1. The summed E-state index contributed by atoms with van der Waals surface area (Å²) in [6, 6.07) is 13.5. The molecule has 1 fully saturated rings. The fourth-order valence-corrected chi connectivity index (χ4v) is 3.35. The molecule has 1 amide bonds. The third-order valence-electron chi connectivity index (χ3n) is 4.59. The van der Waals surface area contributed by atoms with Crippen LogP contribution in [-0.2, 0) is 0 Å². The lowest BCUT2D eigenvalue weighted by molar-refractivity contribution is 0.0626. The number of hydrogen-bond donors (Lipinski definition) is 1. The Bertz CT molecular complexity index is 882. The van der Waals surface area contributed by atoms with E-state index in [4.69, 9.17) is 4.74 Å². The topological polar surface area (TPSA) is 58.9 Å². The molecule has 0 radical (unpaired) electrons. The van der Waals surface area contributed by atoms with E-state index in [-0.39, 0.29) is 36.8 Å². The lowest BCUT2D eigenvalue weighted by atomic mass is 10.0. The first-order valence-electron chi connectivity index (χ1n) is 8.36. The quantitative estimate of drug-likeness (QED) is 0.723. The van der Waals surface area contributed by atoms with Crippen molar-refractivity contribution in [1.29, 1.82) is 0 Å². The maximum absolute atomic E-state index is 13.1. The first kappa shape index (κ1) is 21.0. The van der Waals surface area contributed by atoms with Crippen molar-refractivity contribution < 1.29 is 9.53 Å². The van der Waals surface area contributed by atoms with Gasteiger partial charge in [-0.1, -0.05) is 24.3 Å². The molecule has 3 aromatic rings. The van der Waals surface area contributed by atoms with Gasteiger partial charge in [0.1, 0.15) is 17.1 Å². The Morgan fingerprint density at radius 2 is 1.96 bits per heavy atom. The van der Waals surface area contributed by atoms with Crippen molar-refractivity contribution in [2.45, 2.75) is 6.04 Å². The van der Waals surface area contributed by atoms with Gasteiger partial charge in [0, 0.05) is 37.6 Å².